The minimum absolute atomic E-state index is 0.227. The van der Waals surface area contributed by atoms with Crippen molar-refractivity contribution < 1.29 is 22.8 Å². The highest BCUT2D eigenvalue weighted by Crippen LogP contribution is 2.62. The second-order valence-electron chi connectivity index (χ2n) is 7.84. The number of piperidine rings is 1. The van der Waals surface area contributed by atoms with Gasteiger partial charge < -0.3 is 10.2 Å². The number of carbonyl (C=O) groups is 2. The molecule has 3 fully saturated rings. The molecule has 0 spiro atoms. The van der Waals surface area contributed by atoms with E-state index >= 15 is 0 Å². The van der Waals surface area contributed by atoms with Crippen LogP contribution in [0.4, 0.5) is 13.2 Å². The molecule has 3 rings (SSSR count). The fraction of sp³-hybridized carbons (Fsp3) is 0.867. The Morgan fingerprint density at radius 2 is 1.64 bits per heavy atom. The van der Waals surface area contributed by atoms with Crippen LogP contribution in [0.5, 0.6) is 0 Å². The molecule has 0 radical (unpaired) electrons. The minimum atomic E-state index is -4.96. The summed E-state index contributed by atoms with van der Waals surface area (Å²) >= 11 is 0. The van der Waals surface area contributed by atoms with Gasteiger partial charge in [-0.25, -0.2) is 0 Å². The molecule has 1 saturated heterocycles. The molecule has 4 nitrogen and oxygen atoms in total. The van der Waals surface area contributed by atoms with E-state index < -0.39 is 23.5 Å². The zero-order valence-electron chi connectivity index (χ0n) is 13.0. The van der Waals surface area contributed by atoms with Gasteiger partial charge in [0.15, 0.2) is 0 Å². The number of nitrogens with zero attached hydrogens (tertiary/aromatic N) is 1. The van der Waals surface area contributed by atoms with E-state index in [1.54, 1.807) is 11.8 Å². The molecule has 0 aromatic rings. The van der Waals surface area contributed by atoms with Crippen LogP contribution in [0.25, 0.3) is 0 Å². The van der Waals surface area contributed by atoms with E-state index in [0.717, 1.165) is 0 Å². The van der Waals surface area contributed by atoms with Gasteiger partial charge in [-0.3, -0.25) is 9.59 Å². The Morgan fingerprint density at radius 3 is 2.05 bits per heavy atom. The van der Waals surface area contributed by atoms with Crippen LogP contribution in [-0.2, 0) is 9.59 Å². The largest absolute Gasteiger partial charge is 0.471 e. The first-order valence-corrected chi connectivity index (χ1v) is 7.63. The molecule has 2 amide bonds. The maximum atomic E-state index is 12.6. The van der Waals surface area contributed by atoms with Gasteiger partial charge in [0.2, 0.25) is 5.91 Å². The Bertz CT molecular complexity index is 511. The first-order valence-electron chi connectivity index (χ1n) is 7.63. The fourth-order valence-corrected chi connectivity index (χ4v) is 3.73. The van der Waals surface area contributed by atoms with Crippen molar-refractivity contribution in [2.45, 2.75) is 45.8 Å². The van der Waals surface area contributed by atoms with Gasteiger partial charge in [-0.05, 0) is 35.5 Å². The first kappa shape index (κ1) is 15.6. The second kappa shape index (κ2) is 4.38. The van der Waals surface area contributed by atoms with E-state index in [-0.39, 0.29) is 11.3 Å². The maximum Gasteiger partial charge on any atom is 0.471 e. The molecule has 1 unspecified atom stereocenters. The second-order valence-corrected chi connectivity index (χ2v) is 7.84. The van der Waals surface area contributed by atoms with Crippen molar-refractivity contribution in [2.75, 3.05) is 13.1 Å². The summed E-state index contributed by atoms with van der Waals surface area (Å²) in [5.41, 5.74) is -0.314. The normalized spacial score (nSPS) is 32.2. The number of hydrogen-bond donors (Lipinski definition) is 1. The van der Waals surface area contributed by atoms with Crippen molar-refractivity contribution >= 4 is 11.8 Å². The third-order valence-corrected chi connectivity index (χ3v) is 5.95. The summed E-state index contributed by atoms with van der Waals surface area (Å²) in [5, 5.41) is 1.93. The van der Waals surface area contributed by atoms with Crippen LogP contribution < -0.4 is 5.32 Å². The van der Waals surface area contributed by atoms with E-state index in [9.17, 15) is 22.8 Å². The third kappa shape index (κ3) is 2.38. The standard InChI is InChI=1S/C15H21F3N2O2/c1-13(2)8-6-20(7-9(8)13)11(21)10(14(3)4-5-14)19-12(22)15(16,17)18/h8-10H,4-7H2,1-3H3,(H,19,22)/t8-,9+,10?. The number of amides is 2. The van der Waals surface area contributed by atoms with Gasteiger partial charge in [0.05, 0.1) is 0 Å². The van der Waals surface area contributed by atoms with Crippen molar-refractivity contribution in [3.8, 4) is 0 Å². The molecule has 124 valence electrons. The first-order chi connectivity index (χ1) is 9.97. The molecule has 7 heteroatoms. The lowest BCUT2D eigenvalue weighted by molar-refractivity contribution is -0.175. The topological polar surface area (TPSA) is 49.4 Å². The van der Waals surface area contributed by atoms with Crippen LogP contribution in [0.1, 0.15) is 33.6 Å². The highest BCUT2D eigenvalue weighted by Gasteiger charge is 2.64. The summed E-state index contributed by atoms with van der Waals surface area (Å²) in [6, 6.07) is -1.07. The molecule has 2 saturated carbocycles. The van der Waals surface area contributed by atoms with Gasteiger partial charge >= 0.3 is 12.1 Å². The number of alkyl halides is 3. The quantitative estimate of drug-likeness (QED) is 0.865. The number of halogens is 3. The molecule has 0 bridgehead atoms. The lowest BCUT2D eigenvalue weighted by Crippen LogP contribution is -2.55. The molecule has 1 N–H and O–H groups in total. The van der Waals surface area contributed by atoms with E-state index in [1.165, 1.54) is 0 Å². The van der Waals surface area contributed by atoms with E-state index in [4.69, 9.17) is 0 Å². The summed E-state index contributed by atoms with van der Waals surface area (Å²) in [6.07, 6.45) is -3.64. The van der Waals surface area contributed by atoms with Gasteiger partial charge in [-0.15, -0.1) is 0 Å². The predicted octanol–water partition coefficient (Wildman–Crippen LogP) is 1.95. The molecular weight excluding hydrogens is 297 g/mol. The Kier molecular flexibility index (Phi) is 3.11. The number of rotatable bonds is 3. The van der Waals surface area contributed by atoms with Crippen molar-refractivity contribution in [1.82, 2.24) is 10.2 Å². The highest BCUT2D eigenvalue weighted by molar-refractivity contribution is 5.91. The fourth-order valence-electron chi connectivity index (χ4n) is 3.73. The predicted molar refractivity (Wildman–Crippen MR) is 72.7 cm³/mol. The smallest absolute Gasteiger partial charge is 0.340 e. The number of fused-ring (bicyclic) bond motifs is 1. The molecule has 1 heterocycles. The van der Waals surface area contributed by atoms with Crippen LogP contribution >= 0.6 is 0 Å². The molecule has 2 aliphatic carbocycles. The summed E-state index contributed by atoms with van der Waals surface area (Å²) in [5.74, 6) is -1.52. The molecule has 0 aromatic carbocycles. The molecule has 0 aromatic heterocycles. The Labute approximate surface area is 127 Å². The van der Waals surface area contributed by atoms with Crippen molar-refractivity contribution in [3.05, 3.63) is 0 Å². The lowest BCUT2D eigenvalue weighted by atomic mass is 9.96. The summed E-state index contributed by atoms with van der Waals surface area (Å²) in [4.78, 5) is 25.5. The minimum Gasteiger partial charge on any atom is -0.340 e. The van der Waals surface area contributed by atoms with Gasteiger partial charge in [0.1, 0.15) is 6.04 Å². The van der Waals surface area contributed by atoms with Gasteiger partial charge in [-0.1, -0.05) is 20.8 Å². The van der Waals surface area contributed by atoms with Crippen LogP contribution in [0, 0.1) is 22.7 Å². The van der Waals surface area contributed by atoms with Crippen molar-refractivity contribution in [3.63, 3.8) is 0 Å². The average Bonchev–Trinajstić information content (AvgIpc) is 3.15. The van der Waals surface area contributed by atoms with E-state index in [1.807, 2.05) is 5.32 Å². The number of carbonyl (C=O) groups excluding carboxylic acids is 2. The Morgan fingerprint density at radius 1 is 1.14 bits per heavy atom. The highest BCUT2D eigenvalue weighted by atomic mass is 19.4. The third-order valence-electron chi connectivity index (χ3n) is 5.95. The SMILES string of the molecule is CC1(C(NC(=O)C(F)(F)F)C(=O)N2C[C@@H]3[C@H](C2)C3(C)C)CC1. The van der Waals surface area contributed by atoms with Crippen molar-refractivity contribution in [2.24, 2.45) is 22.7 Å². The molecule has 1 aliphatic heterocycles. The van der Waals surface area contributed by atoms with E-state index in [2.05, 4.69) is 13.8 Å². The maximum absolute atomic E-state index is 12.6. The summed E-state index contributed by atoms with van der Waals surface area (Å²) < 4.78 is 37.5. The Hall–Kier alpha value is -1.27. The monoisotopic (exact) mass is 318 g/mol. The molecule has 22 heavy (non-hydrogen) atoms. The van der Waals surface area contributed by atoms with E-state index in [0.29, 0.717) is 37.8 Å². The lowest BCUT2D eigenvalue weighted by Gasteiger charge is -2.30. The summed E-state index contributed by atoms with van der Waals surface area (Å²) in [6.45, 7) is 7.23. The average molecular weight is 318 g/mol. The molecule has 3 aliphatic rings. The number of hydrogen-bond acceptors (Lipinski definition) is 2. The van der Waals surface area contributed by atoms with Gasteiger partial charge in [0.25, 0.3) is 0 Å². The van der Waals surface area contributed by atoms with Gasteiger partial charge in [-0.2, -0.15) is 13.2 Å². The van der Waals surface area contributed by atoms with Crippen LogP contribution in [0.2, 0.25) is 0 Å². The van der Waals surface area contributed by atoms with Crippen LogP contribution in [0.3, 0.4) is 0 Å². The van der Waals surface area contributed by atoms with Gasteiger partial charge in [0, 0.05) is 13.1 Å². The number of nitrogens with one attached hydrogen (secondary N) is 1. The summed E-state index contributed by atoms with van der Waals surface area (Å²) in [7, 11) is 0. The van der Waals surface area contributed by atoms with Crippen LogP contribution in [0.15, 0.2) is 0 Å². The zero-order chi connectivity index (χ0) is 16.5. The Balaban J connectivity index is 1.69. The zero-order valence-corrected chi connectivity index (χ0v) is 13.0. The number of likely N-dealkylation sites (tertiary alicyclic amines) is 1. The molecular formula is C15H21F3N2O2. The molecule has 3 atom stereocenters. The van der Waals surface area contributed by atoms with Crippen molar-refractivity contribution in [1.29, 1.82) is 0 Å². The van der Waals surface area contributed by atoms with Crippen LogP contribution in [-0.4, -0.2) is 42.0 Å².